The zero-order valence-electron chi connectivity index (χ0n) is 17.7. The van der Waals surface area contributed by atoms with Crippen LogP contribution in [0, 0.1) is 0 Å². The molecule has 0 aliphatic heterocycles. The largest absolute Gasteiger partial charge is 0.359 e. The molecule has 0 bridgehead atoms. The van der Waals surface area contributed by atoms with Crippen LogP contribution in [0.3, 0.4) is 0 Å². The van der Waals surface area contributed by atoms with Gasteiger partial charge in [-0.05, 0) is 25.0 Å². The minimum absolute atomic E-state index is 0.0463. The van der Waals surface area contributed by atoms with Crippen molar-refractivity contribution in [2.75, 3.05) is 7.05 Å². The molecule has 3 aromatic heterocycles. The molecule has 0 radical (unpaired) electrons. The van der Waals surface area contributed by atoms with E-state index < -0.39 is 0 Å². The van der Waals surface area contributed by atoms with Gasteiger partial charge >= 0.3 is 0 Å². The van der Waals surface area contributed by atoms with Crippen molar-refractivity contribution in [3.8, 4) is 11.3 Å². The zero-order valence-corrected chi connectivity index (χ0v) is 18.5. The van der Waals surface area contributed by atoms with Gasteiger partial charge in [-0.2, -0.15) is 0 Å². The maximum atomic E-state index is 12.7. The van der Waals surface area contributed by atoms with Gasteiger partial charge in [-0.3, -0.25) is 14.6 Å². The minimum Gasteiger partial charge on any atom is -0.359 e. The Morgan fingerprint density at radius 1 is 1.16 bits per heavy atom. The van der Waals surface area contributed by atoms with Crippen molar-refractivity contribution >= 4 is 34.2 Å². The molecule has 1 atom stereocenters. The van der Waals surface area contributed by atoms with Gasteiger partial charge in [0.15, 0.2) is 0 Å². The van der Waals surface area contributed by atoms with E-state index in [1.807, 2.05) is 18.2 Å². The summed E-state index contributed by atoms with van der Waals surface area (Å²) in [7, 11) is 1.64. The van der Waals surface area contributed by atoms with Gasteiger partial charge < -0.3 is 20.6 Å². The minimum atomic E-state index is -0.269. The van der Waals surface area contributed by atoms with Crippen LogP contribution in [0.25, 0.3) is 22.3 Å². The molecule has 2 amide bonds. The normalized spacial score (nSPS) is 12.0. The fraction of sp³-hybridized carbons (Fsp3) is 0.318. The summed E-state index contributed by atoms with van der Waals surface area (Å²) in [5.41, 5.74) is 5.34. The molecule has 0 unspecified atom stereocenters. The number of aromatic nitrogens is 5. The molecular weight excluding hydrogens is 426 g/mol. The standard InChI is InChI=1S/C22H25N7O2S/c1-23-20(30)6-4-2-3-5-16(29-22(31)19-11-24-13-32-19)21-25-10-18(28-21)14-7-8-15-17(9-14)27-12-26-15/h7-13,16H,2-6H2,1H3,(H,23,30)(H,25,28)(H,26,27)(H,29,31)/t16-/m0/s1. The lowest BCUT2D eigenvalue weighted by Crippen LogP contribution is -2.28. The maximum absolute atomic E-state index is 12.7. The van der Waals surface area contributed by atoms with Gasteiger partial charge in [-0.15, -0.1) is 11.3 Å². The van der Waals surface area contributed by atoms with Crippen molar-refractivity contribution in [1.82, 2.24) is 35.6 Å². The smallest absolute Gasteiger partial charge is 0.263 e. The highest BCUT2D eigenvalue weighted by Crippen LogP contribution is 2.25. The van der Waals surface area contributed by atoms with Crippen LogP contribution in [-0.2, 0) is 4.79 Å². The number of amides is 2. The average Bonchev–Trinajstić information content (AvgIpc) is 3.58. The first-order valence-electron chi connectivity index (χ1n) is 10.5. The van der Waals surface area contributed by atoms with Crippen molar-refractivity contribution in [2.24, 2.45) is 0 Å². The average molecular weight is 452 g/mol. The number of H-pyrrole nitrogens is 2. The molecule has 0 aliphatic carbocycles. The van der Waals surface area contributed by atoms with Crippen LogP contribution in [0.15, 0.2) is 42.4 Å². The molecule has 9 nitrogen and oxygen atoms in total. The van der Waals surface area contributed by atoms with E-state index in [2.05, 4.69) is 35.6 Å². The molecule has 4 N–H and O–H groups in total. The fourth-order valence-electron chi connectivity index (χ4n) is 3.53. The van der Waals surface area contributed by atoms with Gasteiger partial charge in [0.2, 0.25) is 5.91 Å². The molecule has 0 saturated carbocycles. The quantitative estimate of drug-likeness (QED) is 0.274. The number of aromatic amines is 2. The van der Waals surface area contributed by atoms with E-state index in [-0.39, 0.29) is 17.9 Å². The Bertz CT molecular complexity index is 1180. The Kier molecular flexibility index (Phi) is 6.90. The van der Waals surface area contributed by atoms with Gasteiger partial charge in [0.1, 0.15) is 10.7 Å². The van der Waals surface area contributed by atoms with Gasteiger partial charge in [0, 0.05) is 19.0 Å². The number of hydrogen-bond donors (Lipinski definition) is 4. The molecule has 1 aromatic carbocycles. The van der Waals surface area contributed by atoms with Gasteiger partial charge in [0.05, 0.1) is 47.0 Å². The van der Waals surface area contributed by atoms with Crippen molar-refractivity contribution < 1.29 is 9.59 Å². The molecular formula is C22H25N7O2S. The summed E-state index contributed by atoms with van der Waals surface area (Å²) in [6.07, 6.45) is 8.80. The van der Waals surface area contributed by atoms with E-state index in [1.54, 1.807) is 31.3 Å². The van der Waals surface area contributed by atoms with Crippen molar-refractivity contribution in [2.45, 2.75) is 38.1 Å². The van der Waals surface area contributed by atoms with Crippen LogP contribution in [0.5, 0.6) is 0 Å². The van der Waals surface area contributed by atoms with Crippen LogP contribution in [-0.4, -0.2) is 43.8 Å². The molecule has 166 valence electrons. The zero-order chi connectivity index (χ0) is 22.3. The van der Waals surface area contributed by atoms with Crippen LogP contribution in [0.1, 0.15) is 53.6 Å². The Morgan fingerprint density at radius 3 is 2.88 bits per heavy atom. The molecule has 0 aliphatic rings. The van der Waals surface area contributed by atoms with E-state index in [1.165, 1.54) is 11.3 Å². The van der Waals surface area contributed by atoms with E-state index in [9.17, 15) is 9.59 Å². The van der Waals surface area contributed by atoms with E-state index in [0.29, 0.717) is 23.5 Å². The van der Waals surface area contributed by atoms with Gasteiger partial charge in [-0.25, -0.2) is 9.97 Å². The molecule has 4 aromatic rings. The van der Waals surface area contributed by atoms with E-state index in [4.69, 9.17) is 0 Å². The highest BCUT2D eigenvalue weighted by molar-refractivity contribution is 7.11. The molecule has 4 rings (SSSR count). The Hall–Kier alpha value is -3.53. The van der Waals surface area contributed by atoms with Crippen molar-refractivity contribution in [3.63, 3.8) is 0 Å². The fourth-order valence-corrected chi connectivity index (χ4v) is 4.06. The predicted molar refractivity (Wildman–Crippen MR) is 123 cm³/mol. The SMILES string of the molecule is CNC(=O)CCCCC[C@H](NC(=O)c1cncs1)c1ncc(-c2ccc3nc[nH]c3c2)[nH]1. The first-order valence-corrected chi connectivity index (χ1v) is 11.4. The van der Waals surface area contributed by atoms with E-state index in [0.717, 1.165) is 41.6 Å². The number of thiazole rings is 1. The Balaban J connectivity index is 1.47. The summed E-state index contributed by atoms with van der Waals surface area (Å²) in [5.74, 6) is 0.582. The van der Waals surface area contributed by atoms with Crippen LogP contribution in [0.2, 0.25) is 0 Å². The summed E-state index contributed by atoms with van der Waals surface area (Å²) >= 11 is 1.30. The lowest BCUT2D eigenvalue weighted by Gasteiger charge is -2.16. The third-order valence-electron chi connectivity index (χ3n) is 5.29. The van der Waals surface area contributed by atoms with Crippen molar-refractivity contribution in [1.29, 1.82) is 0 Å². The number of benzene rings is 1. The number of nitrogens with one attached hydrogen (secondary N) is 4. The number of carbonyl (C=O) groups excluding carboxylic acids is 2. The number of nitrogens with zero attached hydrogens (tertiary/aromatic N) is 3. The summed E-state index contributed by atoms with van der Waals surface area (Å²) in [6.45, 7) is 0. The van der Waals surface area contributed by atoms with Crippen LogP contribution < -0.4 is 10.6 Å². The molecule has 32 heavy (non-hydrogen) atoms. The molecule has 0 fully saturated rings. The number of imidazole rings is 2. The lowest BCUT2D eigenvalue weighted by molar-refractivity contribution is -0.120. The second kappa shape index (κ2) is 10.2. The third kappa shape index (κ3) is 5.20. The number of fused-ring (bicyclic) bond motifs is 1. The number of rotatable bonds is 10. The van der Waals surface area contributed by atoms with E-state index >= 15 is 0 Å². The molecule has 0 saturated heterocycles. The maximum Gasteiger partial charge on any atom is 0.263 e. The first kappa shape index (κ1) is 21.7. The monoisotopic (exact) mass is 451 g/mol. The van der Waals surface area contributed by atoms with Gasteiger partial charge in [0.25, 0.3) is 5.91 Å². The molecule has 0 spiro atoms. The lowest BCUT2D eigenvalue weighted by atomic mass is 10.1. The summed E-state index contributed by atoms with van der Waals surface area (Å²) in [5, 5.41) is 5.72. The third-order valence-corrected chi connectivity index (χ3v) is 6.07. The van der Waals surface area contributed by atoms with Gasteiger partial charge in [-0.1, -0.05) is 18.9 Å². The highest BCUT2D eigenvalue weighted by Gasteiger charge is 2.20. The summed E-state index contributed by atoms with van der Waals surface area (Å²) in [6, 6.07) is 5.69. The Labute approximate surface area is 189 Å². The number of hydrogen-bond acceptors (Lipinski definition) is 6. The summed E-state index contributed by atoms with van der Waals surface area (Å²) in [4.78, 5) is 43.9. The summed E-state index contributed by atoms with van der Waals surface area (Å²) < 4.78 is 0. The van der Waals surface area contributed by atoms with Crippen LogP contribution >= 0.6 is 11.3 Å². The second-order valence-corrected chi connectivity index (χ2v) is 8.37. The van der Waals surface area contributed by atoms with Crippen molar-refractivity contribution in [3.05, 3.63) is 53.1 Å². The number of unbranched alkanes of at least 4 members (excludes halogenated alkanes) is 2. The van der Waals surface area contributed by atoms with Crippen LogP contribution in [0.4, 0.5) is 0 Å². The second-order valence-electron chi connectivity index (χ2n) is 7.48. The highest BCUT2D eigenvalue weighted by atomic mass is 32.1. The predicted octanol–water partition coefficient (Wildman–Crippen LogP) is 3.58. The Morgan fingerprint density at radius 2 is 2.06 bits per heavy atom. The molecule has 3 heterocycles. The first-order chi connectivity index (χ1) is 15.6. The molecule has 10 heteroatoms. The topological polar surface area (TPSA) is 128 Å². The number of carbonyl (C=O) groups is 2.